The molecular formula is C22H28N2O3S. The average molecular weight is 401 g/mol. The molecule has 28 heavy (non-hydrogen) atoms. The lowest BCUT2D eigenvalue weighted by atomic mass is 9.82. The fourth-order valence-electron chi connectivity index (χ4n) is 3.71. The first-order valence-electron chi connectivity index (χ1n) is 9.62. The summed E-state index contributed by atoms with van der Waals surface area (Å²) < 4.78 is 27.6. The van der Waals surface area contributed by atoms with Crippen LogP contribution >= 0.6 is 0 Å². The van der Waals surface area contributed by atoms with Crippen molar-refractivity contribution >= 4 is 15.9 Å². The van der Waals surface area contributed by atoms with Gasteiger partial charge in [-0.2, -0.15) is 4.31 Å². The number of piperidine rings is 1. The van der Waals surface area contributed by atoms with E-state index in [2.05, 4.69) is 5.32 Å². The van der Waals surface area contributed by atoms with E-state index in [1.807, 2.05) is 51.1 Å². The van der Waals surface area contributed by atoms with Crippen LogP contribution in [0.3, 0.4) is 0 Å². The molecule has 6 heteroatoms. The maximum absolute atomic E-state index is 13.1. The molecule has 1 heterocycles. The first-order valence-corrected chi connectivity index (χ1v) is 11.1. The minimum Gasteiger partial charge on any atom is -0.352 e. The molecule has 150 valence electrons. The lowest BCUT2D eigenvalue weighted by Gasteiger charge is -2.38. The van der Waals surface area contributed by atoms with Crippen molar-refractivity contribution in [2.24, 2.45) is 5.41 Å². The standard InChI is InChI=1S/C22H28N2O3S/c1-17-8-6-11-20(14-17)28(26,27)24-13-7-12-22(3,16-24)21(25)23-15-19-10-5-4-9-18(19)2/h4-6,8-11,14H,7,12-13,15-16H2,1-3H3,(H,23,25). The van der Waals surface area contributed by atoms with Crippen LogP contribution in [0.5, 0.6) is 0 Å². The second kappa shape index (κ2) is 8.05. The summed E-state index contributed by atoms with van der Waals surface area (Å²) >= 11 is 0. The van der Waals surface area contributed by atoms with E-state index < -0.39 is 15.4 Å². The molecular weight excluding hydrogens is 372 g/mol. The van der Waals surface area contributed by atoms with E-state index in [0.29, 0.717) is 25.9 Å². The van der Waals surface area contributed by atoms with Crippen molar-refractivity contribution in [2.45, 2.75) is 45.1 Å². The number of sulfonamides is 1. The van der Waals surface area contributed by atoms with Crippen LogP contribution in [-0.4, -0.2) is 31.7 Å². The Kier molecular flexibility index (Phi) is 5.91. The number of carbonyl (C=O) groups excluding carboxylic acids is 1. The van der Waals surface area contributed by atoms with Crippen molar-refractivity contribution in [3.63, 3.8) is 0 Å². The summed E-state index contributed by atoms with van der Waals surface area (Å²) in [5.74, 6) is -0.0973. The van der Waals surface area contributed by atoms with Crippen LogP contribution in [0.15, 0.2) is 53.4 Å². The van der Waals surface area contributed by atoms with Crippen LogP contribution in [0.1, 0.15) is 36.5 Å². The van der Waals surface area contributed by atoms with Gasteiger partial charge in [0.15, 0.2) is 0 Å². The fraction of sp³-hybridized carbons (Fsp3) is 0.409. The Hall–Kier alpha value is -2.18. The van der Waals surface area contributed by atoms with Crippen LogP contribution in [0.2, 0.25) is 0 Å². The largest absolute Gasteiger partial charge is 0.352 e. The van der Waals surface area contributed by atoms with Gasteiger partial charge in [0.1, 0.15) is 0 Å². The minimum atomic E-state index is -3.61. The Morgan fingerprint density at radius 1 is 1.14 bits per heavy atom. The average Bonchev–Trinajstić information content (AvgIpc) is 2.67. The van der Waals surface area contributed by atoms with Gasteiger partial charge in [0, 0.05) is 19.6 Å². The number of aryl methyl sites for hydroxylation is 2. The number of nitrogens with one attached hydrogen (secondary N) is 1. The highest BCUT2D eigenvalue weighted by Gasteiger charge is 2.41. The van der Waals surface area contributed by atoms with Crippen LogP contribution in [0, 0.1) is 19.3 Å². The van der Waals surface area contributed by atoms with Crippen molar-refractivity contribution in [2.75, 3.05) is 13.1 Å². The number of hydrogen-bond donors (Lipinski definition) is 1. The molecule has 0 bridgehead atoms. The van der Waals surface area contributed by atoms with Crippen LogP contribution in [0.25, 0.3) is 0 Å². The fourth-order valence-corrected chi connectivity index (χ4v) is 5.41. The van der Waals surface area contributed by atoms with Gasteiger partial charge < -0.3 is 5.32 Å². The van der Waals surface area contributed by atoms with Gasteiger partial charge in [-0.3, -0.25) is 4.79 Å². The SMILES string of the molecule is Cc1cccc(S(=O)(=O)N2CCCC(C)(C(=O)NCc3ccccc3C)C2)c1. The Balaban J connectivity index is 1.74. The molecule has 1 saturated heterocycles. The first kappa shape index (κ1) is 20.6. The van der Waals surface area contributed by atoms with E-state index in [4.69, 9.17) is 0 Å². The van der Waals surface area contributed by atoms with Gasteiger partial charge in [0.05, 0.1) is 10.3 Å². The molecule has 3 rings (SSSR count). The maximum atomic E-state index is 13.1. The Bertz CT molecular complexity index is 971. The lowest BCUT2D eigenvalue weighted by Crippen LogP contribution is -2.51. The van der Waals surface area contributed by atoms with Gasteiger partial charge in [-0.05, 0) is 62.4 Å². The van der Waals surface area contributed by atoms with Gasteiger partial charge in [-0.15, -0.1) is 0 Å². The van der Waals surface area contributed by atoms with E-state index >= 15 is 0 Å². The van der Waals surface area contributed by atoms with Crippen molar-refractivity contribution in [3.05, 3.63) is 65.2 Å². The molecule has 0 saturated carbocycles. The summed E-state index contributed by atoms with van der Waals surface area (Å²) in [6.45, 7) is 6.84. The predicted molar refractivity (Wildman–Crippen MR) is 110 cm³/mol. The molecule has 2 aromatic carbocycles. The predicted octanol–water partition coefficient (Wildman–Crippen LogP) is 3.41. The monoisotopic (exact) mass is 400 g/mol. The van der Waals surface area contributed by atoms with E-state index in [-0.39, 0.29) is 17.3 Å². The highest BCUT2D eigenvalue weighted by atomic mass is 32.2. The summed E-state index contributed by atoms with van der Waals surface area (Å²) in [5.41, 5.74) is 2.36. The third-order valence-corrected chi connectivity index (χ3v) is 7.38. The normalized spacial score (nSPS) is 20.7. The van der Waals surface area contributed by atoms with E-state index in [9.17, 15) is 13.2 Å². The molecule has 1 unspecified atom stereocenters. The van der Waals surface area contributed by atoms with Gasteiger partial charge in [-0.25, -0.2) is 8.42 Å². The molecule has 1 aliphatic rings. The zero-order valence-corrected chi connectivity index (χ0v) is 17.6. The van der Waals surface area contributed by atoms with Crippen molar-refractivity contribution in [1.82, 2.24) is 9.62 Å². The van der Waals surface area contributed by atoms with Gasteiger partial charge in [0.25, 0.3) is 0 Å². The Labute approximate surface area is 167 Å². The van der Waals surface area contributed by atoms with Crippen LogP contribution < -0.4 is 5.32 Å². The Morgan fingerprint density at radius 3 is 2.61 bits per heavy atom. The maximum Gasteiger partial charge on any atom is 0.243 e. The highest BCUT2D eigenvalue weighted by Crippen LogP contribution is 2.33. The molecule has 0 aromatic heterocycles. The van der Waals surface area contributed by atoms with Crippen molar-refractivity contribution in [3.8, 4) is 0 Å². The molecule has 0 aliphatic carbocycles. The first-order chi connectivity index (χ1) is 13.2. The summed E-state index contributed by atoms with van der Waals surface area (Å²) in [5, 5.41) is 3.01. The smallest absolute Gasteiger partial charge is 0.243 e. The van der Waals surface area contributed by atoms with Gasteiger partial charge in [-0.1, -0.05) is 36.4 Å². The second-order valence-electron chi connectivity index (χ2n) is 7.93. The number of amides is 1. The van der Waals surface area contributed by atoms with Crippen molar-refractivity contribution < 1.29 is 13.2 Å². The zero-order valence-electron chi connectivity index (χ0n) is 16.7. The highest BCUT2D eigenvalue weighted by molar-refractivity contribution is 7.89. The topological polar surface area (TPSA) is 66.5 Å². The summed E-state index contributed by atoms with van der Waals surface area (Å²) in [6, 6.07) is 14.8. The van der Waals surface area contributed by atoms with Gasteiger partial charge in [0.2, 0.25) is 15.9 Å². The quantitative estimate of drug-likeness (QED) is 0.836. The Morgan fingerprint density at radius 2 is 1.89 bits per heavy atom. The third-order valence-electron chi connectivity index (χ3n) is 5.54. The molecule has 1 aliphatic heterocycles. The molecule has 0 spiro atoms. The lowest BCUT2D eigenvalue weighted by molar-refractivity contribution is -0.132. The molecule has 5 nitrogen and oxygen atoms in total. The number of carbonyl (C=O) groups is 1. The summed E-state index contributed by atoms with van der Waals surface area (Å²) in [4.78, 5) is 13.2. The number of nitrogens with zero attached hydrogens (tertiary/aromatic N) is 1. The van der Waals surface area contributed by atoms with Crippen LogP contribution in [-0.2, 0) is 21.4 Å². The minimum absolute atomic E-state index is 0.0973. The molecule has 1 atom stereocenters. The number of benzene rings is 2. The molecule has 2 aromatic rings. The number of hydrogen-bond acceptors (Lipinski definition) is 3. The number of rotatable bonds is 5. The van der Waals surface area contributed by atoms with Crippen molar-refractivity contribution in [1.29, 1.82) is 0 Å². The second-order valence-corrected chi connectivity index (χ2v) is 9.87. The van der Waals surface area contributed by atoms with E-state index in [1.165, 1.54) is 4.31 Å². The zero-order chi connectivity index (χ0) is 20.4. The van der Waals surface area contributed by atoms with Crippen LogP contribution in [0.4, 0.5) is 0 Å². The molecule has 1 fully saturated rings. The third kappa shape index (κ3) is 4.28. The molecule has 1 amide bonds. The summed E-state index contributed by atoms with van der Waals surface area (Å²) in [7, 11) is -3.61. The molecule has 0 radical (unpaired) electrons. The van der Waals surface area contributed by atoms with Gasteiger partial charge >= 0.3 is 0 Å². The van der Waals surface area contributed by atoms with E-state index in [0.717, 1.165) is 16.7 Å². The van der Waals surface area contributed by atoms with E-state index in [1.54, 1.807) is 18.2 Å². The molecule has 1 N–H and O–H groups in total. The summed E-state index contributed by atoms with van der Waals surface area (Å²) in [6.07, 6.45) is 1.34.